The molecular formula is C31H32N4O4S. The predicted molar refractivity (Wildman–Crippen MR) is 153 cm³/mol. The van der Waals surface area contributed by atoms with Crippen LogP contribution in [0.4, 0.5) is 11.4 Å². The molecule has 0 spiro atoms. The number of carbonyl (C=O) groups excluding carboxylic acids is 1. The summed E-state index contributed by atoms with van der Waals surface area (Å²) >= 11 is 0. The number of carbonyl (C=O) groups is 1. The maximum absolute atomic E-state index is 13.4. The Balaban J connectivity index is 1.20. The van der Waals surface area contributed by atoms with Crippen molar-refractivity contribution in [3.8, 4) is 0 Å². The van der Waals surface area contributed by atoms with Crippen LogP contribution in [0, 0.1) is 5.92 Å². The number of fused-ring (bicyclic) bond motifs is 3. The molecule has 2 bridgehead atoms. The second-order valence-electron chi connectivity index (χ2n) is 11.3. The molecule has 3 atom stereocenters. The Bertz CT molecular complexity index is 1570. The average Bonchev–Trinajstić information content (AvgIpc) is 3.42. The highest BCUT2D eigenvalue weighted by atomic mass is 32.2. The van der Waals surface area contributed by atoms with Crippen molar-refractivity contribution in [2.45, 2.75) is 48.8 Å². The first-order valence-corrected chi connectivity index (χ1v) is 15.4. The van der Waals surface area contributed by atoms with Gasteiger partial charge in [-0.25, -0.2) is 13.1 Å². The molecule has 1 amide bonds. The fraction of sp³-hybridized carbons (Fsp3) is 0.355. The first-order chi connectivity index (χ1) is 19.4. The molecule has 1 aliphatic carbocycles. The van der Waals surface area contributed by atoms with Crippen LogP contribution in [-0.4, -0.2) is 56.8 Å². The zero-order valence-corrected chi connectivity index (χ0v) is 22.9. The smallest absolute Gasteiger partial charge is 0.240 e. The van der Waals surface area contributed by atoms with E-state index in [1.165, 1.54) is 5.56 Å². The van der Waals surface area contributed by atoms with Crippen molar-refractivity contribution in [3.63, 3.8) is 0 Å². The number of rotatable bonds is 9. The Labute approximate surface area is 234 Å². The van der Waals surface area contributed by atoms with Gasteiger partial charge >= 0.3 is 0 Å². The van der Waals surface area contributed by atoms with Crippen molar-refractivity contribution in [1.29, 1.82) is 0 Å². The maximum Gasteiger partial charge on any atom is 0.240 e. The van der Waals surface area contributed by atoms with E-state index in [1.807, 2.05) is 42.5 Å². The fourth-order valence-corrected chi connectivity index (χ4v) is 7.09. The van der Waals surface area contributed by atoms with Crippen molar-refractivity contribution in [1.82, 2.24) is 9.62 Å². The third-order valence-electron chi connectivity index (χ3n) is 8.35. The standard InChI is InChI=1S/C31H32N4O4S/c36-31-29(27-15-26(12-13-28(27)34-31)40(37,38)32-16-20-6-7-20)30(22-4-2-1-3-5-22)33-23-10-8-21(9-11-23)17-35-18-25-14-24(35)19-39-25/h1-5,8-13,15,20,24-25,29,32H,6-7,14,16-19H2,(H,34,36). The van der Waals surface area contributed by atoms with Crippen LogP contribution in [0.1, 0.15) is 41.9 Å². The number of likely N-dealkylation sites (tertiary alicyclic amines) is 1. The first-order valence-electron chi connectivity index (χ1n) is 14.0. The molecule has 9 heteroatoms. The molecule has 40 heavy (non-hydrogen) atoms. The Kier molecular flexibility index (Phi) is 6.54. The fourth-order valence-electron chi connectivity index (χ4n) is 5.94. The van der Waals surface area contributed by atoms with Gasteiger partial charge in [0.1, 0.15) is 5.92 Å². The molecule has 3 aliphatic heterocycles. The Morgan fingerprint density at radius 3 is 2.55 bits per heavy atom. The van der Waals surface area contributed by atoms with Gasteiger partial charge in [0.15, 0.2) is 0 Å². The topological polar surface area (TPSA) is 100 Å². The van der Waals surface area contributed by atoms with Gasteiger partial charge in [0, 0.05) is 31.4 Å². The molecule has 4 aliphatic rings. The predicted octanol–water partition coefficient (Wildman–Crippen LogP) is 4.20. The maximum atomic E-state index is 13.4. The molecule has 3 heterocycles. The van der Waals surface area contributed by atoms with E-state index in [4.69, 9.17) is 9.73 Å². The highest BCUT2D eigenvalue weighted by molar-refractivity contribution is 7.89. The van der Waals surface area contributed by atoms with Gasteiger partial charge in [-0.15, -0.1) is 0 Å². The second kappa shape index (κ2) is 10.2. The number of nitrogens with one attached hydrogen (secondary N) is 2. The number of morpholine rings is 1. The van der Waals surface area contributed by atoms with Gasteiger partial charge in [-0.05, 0) is 72.2 Å². The van der Waals surface area contributed by atoms with Crippen molar-refractivity contribution >= 4 is 33.0 Å². The Morgan fingerprint density at radius 1 is 1.05 bits per heavy atom. The quantitative estimate of drug-likeness (QED) is 0.385. The van der Waals surface area contributed by atoms with Crippen LogP contribution in [0.25, 0.3) is 0 Å². The summed E-state index contributed by atoms with van der Waals surface area (Å²) in [4.78, 5) is 21.0. The second-order valence-corrected chi connectivity index (χ2v) is 13.0. The SMILES string of the molecule is O=C1Nc2ccc(S(=O)(=O)NCC3CC3)cc2C1C(=Nc1ccc(CN2CC3CC2CO3)cc1)c1ccccc1. The van der Waals surface area contributed by atoms with E-state index in [-0.39, 0.29) is 10.8 Å². The van der Waals surface area contributed by atoms with Crippen LogP contribution in [0.3, 0.4) is 0 Å². The number of sulfonamides is 1. The number of benzene rings is 3. The van der Waals surface area contributed by atoms with Gasteiger partial charge in [-0.1, -0.05) is 42.5 Å². The monoisotopic (exact) mass is 556 g/mol. The summed E-state index contributed by atoms with van der Waals surface area (Å²) < 4.78 is 34.5. The first kappa shape index (κ1) is 25.6. The van der Waals surface area contributed by atoms with E-state index in [9.17, 15) is 13.2 Å². The molecular weight excluding hydrogens is 524 g/mol. The Morgan fingerprint density at radius 2 is 1.85 bits per heavy atom. The van der Waals surface area contributed by atoms with Crippen LogP contribution < -0.4 is 10.0 Å². The number of amides is 1. The van der Waals surface area contributed by atoms with Gasteiger partial charge in [0.2, 0.25) is 15.9 Å². The zero-order chi connectivity index (χ0) is 27.3. The minimum Gasteiger partial charge on any atom is -0.375 e. The number of hydrogen-bond acceptors (Lipinski definition) is 6. The summed E-state index contributed by atoms with van der Waals surface area (Å²) in [5.74, 6) is -0.542. The number of nitrogens with zero attached hydrogens (tertiary/aromatic N) is 2. The summed E-state index contributed by atoms with van der Waals surface area (Å²) in [5, 5.41) is 2.93. The summed E-state index contributed by atoms with van der Waals surface area (Å²) in [6.07, 6.45) is 3.60. The number of ether oxygens (including phenoxy) is 1. The van der Waals surface area contributed by atoms with Crippen molar-refractivity contribution < 1.29 is 17.9 Å². The molecule has 7 rings (SSSR count). The van der Waals surface area contributed by atoms with E-state index >= 15 is 0 Å². The molecule has 1 saturated carbocycles. The van der Waals surface area contributed by atoms with Gasteiger partial charge in [0.05, 0.1) is 29.0 Å². The van der Waals surface area contributed by atoms with Crippen LogP contribution in [0.15, 0.2) is 82.7 Å². The summed E-state index contributed by atoms with van der Waals surface area (Å²) in [5.41, 5.74) is 4.57. The van der Waals surface area contributed by atoms with E-state index in [0.717, 1.165) is 50.2 Å². The minimum absolute atomic E-state index is 0.158. The molecule has 3 unspecified atom stereocenters. The lowest BCUT2D eigenvalue weighted by Crippen LogP contribution is -2.36. The number of hydrogen-bond donors (Lipinski definition) is 2. The molecule has 3 fully saturated rings. The molecule has 8 nitrogen and oxygen atoms in total. The van der Waals surface area contributed by atoms with E-state index in [2.05, 4.69) is 27.1 Å². The third kappa shape index (κ3) is 5.10. The van der Waals surface area contributed by atoms with Gasteiger partial charge in [-0.2, -0.15) is 0 Å². The van der Waals surface area contributed by atoms with Crippen molar-refractivity contribution in [2.24, 2.45) is 10.9 Å². The van der Waals surface area contributed by atoms with Crippen LogP contribution >= 0.6 is 0 Å². The molecule has 2 saturated heterocycles. The lowest BCUT2D eigenvalue weighted by molar-refractivity contribution is -0.115. The van der Waals surface area contributed by atoms with E-state index in [0.29, 0.717) is 41.6 Å². The minimum atomic E-state index is -3.69. The number of anilines is 1. The summed E-state index contributed by atoms with van der Waals surface area (Å²) in [7, 11) is -3.69. The lowest BCUT2D eigenvalue weighted by atomic mass is 9.90. The van der Waals surface area contributed by atoms with Gasteiger partial charge < -0.3 is 10.1 Å². The summed E-state index contributed by atoms with van der Waals surface area (Å²) in [6.45, 7) is 3.12. The normalized spacial score (nSPS) is 24.4. The lowest BCUT2D eigenvalue weighted by Gasteiger charge is -2.26. The van der Waals surface area contributed by atoms with Crippen LogP contribution in [0.2, 0.25) is 0 Å². The summed E-state index contributed by atoms with van der Waals surface area (Å²) in [6, 6.07) is 23.1. The van der Waals surface area contributed by atoms with E-state index in [1.54, 1.807) is 18.2 Å². The van der Waals surface area contributed by atoms with Crippen molar-refractivity contribution in [3.05, 3.63) is 89.5 Å². The highest BCUT2D eigenvalue weighted by Gasteiger charge is 2.39. The van der Waals surface area contributed by atoms with Crippen molar-refractivity contribution in [2.75, 3.05) is 25.0 Å². The molecule has 2 N–H and O–H groups in total. The molecule has 0 radical (unpaired) electrons. The Hall–Kier alpha value is -3.37. The van der Waals surface area contributed by atoms with Gasteiger partial charge in [-0.3, -0.25) is 14.7 Å². The van der Waals surface area contributed by atoms with Crippen LogP contribution in [-0.2, 0) is 26.1 Å². The van der Waals surface area contributed by atoms with Crippen LogP contribution in [0.5, 0.6) is 0 Å². The number of aliphatic imine (C=N–C) groups is 1. The average molecular weight is 557 g/mol. The molecule has 206 valence electrons. The highest BCUT2D eigenvalue weighted by Crippen LogP contribution is 2.38. The van der Waals surface area contributed by atoms with E-state index < -0.39 is 15.9 Å². The molecule has 0 aromatic heterocycles. The largest absolute Gasteiger partial charge is 0.375 e. The molecule has 3 aromatic carbocycles. The zero-order valence-electron chi connectivity index (χ0n) is 22.1. The third-order valence-corrected chi connectivity index (χ3v) is 9.77. The van der Waals surface area contributed by atoms with Gasteiger partial charge in [0.25, 0.3) is 0 Å². The molecule has 3 aromatic rings.